The lowest BCUT2D eigenvalue weighted by Gasteiger charge is -2.38. The topological polar surface area (TPSA) is 18.5 Å². The molecule has 0 atom stereocenters. The molecule has 0 saturated heterocycles. The largest absolute Gasteiger partial charge is 0.493 e. The molecule has 2 aromatic rings. The maximum absolute atomic E-state index is 6.29. The summed E-state index contributed by atoms with van der Waals surface area (Å²) in [6.07, 6.45) is 8.60. The van der Waals surface area contributed by atoms with Gasteiger partial charge < -0.3 is 9.47 Å². The summed E-state index contributed by atoms with van der Waals surface area (Å²) < 4.78 is 11.8. The van der Waals surface area contributed by atoms with Gasteiger partial charge in [-0.25, -0.2) is 0 Å². The number of hydrogen-bond donors (Lipinski definition) is 0. The molecule has 2 heteroatoms. The van der Waals surface area contributed by atoms with Crippen LogP contribution in [0.5, 0.6) is 11.5 Å². The van der Waals surface area contributed by atoms with Crippen LogP contribution in [0.15, 0.2) is 48.5 Å². The van der Waals surface area contributed by atoms with Crippen LogP contribution in [-0.4, -0.2) is 13.2 Å². The summed E-state index contributed by atoms with van der Waals surface area (Å²) in [6.45, 7) is 0. The lowest BCUT2D eigenvalue weighted by molar-refractivity contribution is 0.200. The lowest BCUT2D eigenvalue weighted by atomic mass is 9.65. The predicted octanol–water partition coefficient (Wildman–Crippen LogP) is 5.49. The summed E-state index contributed by atoms with van der Waals surface area (Å²) in [5.74, 6) is 8.67. The summed E-state index contributed by atoms with van der Waals surface area (Å²) in [5, 5.41) is 0. The van der Waals surface area contributed by atoms with Crippen LogP contribution >= 0.6 is 0 Å². The molecular formula is C24H26O2. The molecular weight excluding hydrogens is 320 g/mol. The van der Waals surface area contributed by atoms with Crippen LogP contribution in [0.2, 0.25) is 0 Å². The SMILES string of the molecule is COc1ccc(C2(C#Cc3ccccc3)CCC2)cc1OC1CCCC1. The Kier molecular flexibility index (Phi) is 4.89. The molecule has 0 radical (unpaired) electrons. The third kappa shape index (κ3) is 3.44. The Balaban J connectivity index is 1.63. The number of ether oxygens (including phenoxy) is 2. The van der Waals surface area contributed by atoms with Crippen molar-refractivity contribution in [2.75, 3.05) is 7.11 Å². The Bertz CT molecular complexity index is 803. The average molecular weight is 346 g/mol. The Hall–Kier alpha value is -2.40. The Morgan fingerprint density at radius 3 is 2.35 bits per heavy atom. The van der Waals surface area contributed by atoms with Gasteiger partial charge in [0.05, 0.1) is 18.6 Å². The minimum atomic E-state index is -0.0457. The fourth-order valence-corrected chi connectivity index (χ4v) is 3.98. The molecule has 4 rings (SSSR count). The van der Waals surface area contributed by atoms with Gasteiger partial charge in [0, 0.05) is 5.56 Å². The summed E-state index contributed by atoms with van der Waals surface area (Å²) in [6, 6.07) is 16.6. The quantitative estimate of drug-likeness (QED) is 0.682. The second-order valence-corrected chi connectivity index (χ2v) is 7.44. The van der Waals surface area contributed by atoms with Crippen molar-refractivity contribution in [3.05, 3.63) is 59.7 Å². The standard InChI is InChI=1S/C24H26O2/c1-25-22-13-12-20(18-23(22)26-21-10-5-6-11-21)24(15-7-16-24)17-14-19-8-3-2-4-9-19/h2-4,8-9,12-13,18,21H,5-7,10-11,15-16H2,1H3. The van der Waals surface area contributed by atoms with Crippen LogP contribution in [0.1, 0.15) is 56.1 Å². The third-order valence-corrected chi connectivity index (χ3v) is 5.74. The molecule has 0 aliphatic heterocycles. The van der Waals surface area contributed by atoms with Gasteiger partial charge in [-0.3, -0.25) is 0 Å². The highest BCUT2D eigenvalue weighted by molar-refractivity contribution is 5.50. The molecule has 26 heavy (non-hydrogen) atoms. The van der Waals surface area contributed by atoms with E-state index in [-0.39, 0.29) is 5.41 Å². The van der Waals surface area contributed by atoms with Crippen molar-refractivity contribution >= 4 is 0 Å². The van der Waals surface area contributed by atoms with Crippen molar-refractivity contribution in [2.24, 2.45) is 0 Å². The van der Waals surface area contributed by atoms with Crippen LogP contribution in [0, 0.1) is 11.8 Å². The fourth-order valence-electron chi connectivity index (χ4n) is 3.98. The average Bonchev–Trinajstić information content (AvgIpc) is 3.15. The van der Waals surface area contributed by atoms with E-state index in [0.717, 1.165) is 42.7 Å². The molecule has 0 heterocycles. The maximum atomic E-state index is 6.29. The van der Waals surface area contributed by atoms with Crippen LogP contribution in [0.3, 0.4) is 0 Å². The molecule has 2 aliphatic rings. The smallest absolute Gasteiger partial charge is 0.161 e. The van der Waals surface area contributed by atoms with Crippen molar-refractivity contribution in [3.8, 4) is 23.3 Å². The van der Waals surface area contributed by atoms with E-state index >= 15 is 0 Å². The van der Waals surface area contributed by atoms with Gasteiger partial charge in [0.1, 0.15) is 0 Å². The number of hydrogen-bond acceptors (Lipinski definition) is 2. The summed E-state index contributed by atoms with van der Waals surface area (Å²) in [7, 11) is 1.71. The molecule has 2 nitrogen and oxygen atoms in total. The van der Waals surface area contributed by atoms with E-state index in [2.05, 4.69) is 36.1 Å². The number of methoxy groups -OCH3 is 1. The highest BCUT2D eigenvalue weighted by Gasteiger charge is 2.38. The molecule has 2 saturated carbocycles. The van der Waals surface area contributed by atoms with E-state index in [4.69, 9.17) is 9.47 Å². The van der Waals surface area contributed by atoms with Crippen molar-refractivity contribution in [1.82, 2.24) is 0 Å². The van der Waals surface area contributed by atoms with Crippen LogP contribution in [0.4, 0.5) is 0 Å². The molecule has 0 aromatic heterocycles. The van der Waals surface area contributed by atoms with Gasteiger partial charge in [-0.1, -0.05) is 36.1 Å². The predicted molar refractivity (Wildman–Crippen MR) is 105 cm³/mol. The van der Waals surface area contributed by atoms with Crippen LogP contribution in [-0.2, 0) is 5.41 Å². The van der Waals surface area contributed by atoms with Crippen molar-refractivity contribution in [1.29, 1.82) is 0 Å². The Morgan fingerprint density at radius 2 is 1.69 bits per heavy atom. The first-order valence-corrected chi connectivity index (χ1v) is 9.72. The van der Waals surface area contributed by atoms with Gasteiger partial charge in [0.2, 0.25) is 0 Å². The minimum absolute atomic E-state index is 0.0457. The van der Waals surface area contributed by atoms with Crippen molar-refractivity contribution < 1.29 is 9.47 Å². The zero-order chi connectivity index (χ0) is 17.8. The first-order valence-electron chi connectivity index (χ1n) is 9.72. The van der Waals surface area contributed by atoms with E-state index in [1.807, 2.05) is 24.3 Å². The highest BCUT2D eigenvalue weighted by atomic mass is 16.5. The first-order chi connectivity index (χ1) is 12.8. The molecule has 0 unspecified atom stereocenters. The summed E-state index contributed by atoms with van der Waals surface area (Å²) in [5.41, 5.74) is 2.30. The summed E-state index contributed by atoms with van der Waals surface area (Å²) >= 11 is 0. The van der Waals surface area contributed by atoms with Gasteiger partial charge in [-0.15, -0.1) is 0 Å². The van der Waals surface area contributed by atoms with Gasteiger partial charge in [-0.05, 0) is 74.8 Å². The van der Waals surface area contributed by atoms with Crippen molar-refractivity contribution in [2.45, 2.75) is 56.5 Å². The maximum Gasteiger partial charge on any atom is 0.161 e. The number of rotatable bonds is 4. The minimum Gasteiger partial charge on any atom is -0.493 e. The monoisotopic (exact) mass is 346 g/mol. The van der Waals surface area contributed by atoms with Crippen LogP contribution in [0.25, 0.3) is 0 Å². The molecule has 2 aromatic carbocycles. The third-order valence-electron chi connectivity index (χ3n) is 5.74. The van der Waals surface area contributed by atoms with E-state index in [0.29, 0.717) is 6.10 Å². The lowest BCUT2D eigenvalue weighted by Crippen LogP contribution is -2.32. The summed E-state index contributed by atoms with van der Waals surface area (Å²) in [4.78, 5) is 0. The first kappa shape index (κ1) is 17.0. The molecule has 134 valence electrons. The van der Waals surface area contributed by atoms with E-state index in [1.165, 1.54) is 24.8 Å². The molecule has 0 spiro atoms. The Morgan fingerprint density at radius 1 is 0.923 bits per heavy atom. The molecule has 0 bridgehead atoms. The second kappa shape index (κ2) is 7.46. The number of benzene rings is 2. The van der Waals surface area contributed by atoms with Crippen molar-refractivity contribution in [3.63, 3.8) is 0 Å². The van der Waals surface area contributed by atoms with Gasteiger partial charge in [-0.2, -0.15) is 0 Å². The zero-order valence-electron chi connectivity index (χ0n) is 15.5. The molecule has 0 N–H and O–H groups in total. The van der Waals surface area contributed by atoms with Gasteiger partial charge in [0.15, 0.2) is 11.5 Å². The molecule has 2 fully saturated rings. The van der Waals surface area contributed by atoms with Gasteiger partial charge >= 0.3 is 0 Å². The Labute approximate surface area is 156 Å². The second-order valence-electron chi connectivity index (χ2n) is 7.44. The normalized spacial score (nSPS) is 18.5. The fraction of sp³-hybridized carbons (Fsp3) is 0.417. The van der Waals surface area contributed by atoms with E-state index in [1.54, 1.807) is 7.11 Å². The highest BCUT2D eigenvalue weighted by Crippen LogP contribution is 2.46. The van der Waals surface area contributed by atoms with E-state index in [9.17, 15) is 0 Å². The van der Waals surface area contributed by atoms with Gasteiger partial charge in [0.25, 0.3) is 0 Å². The molecule has 0 amide bonds. The van der Waals surface area contributed by atoms with Crippen LogP contribution < -0.4 is 9.47 Å². The zero-order valence-corrected chi connectivity index (χ0v) is 15.5. The molecule has 2 aliphatic carbocycles. The van der Waals surface area contributed by atoms with E-state index < -0.39 is 0 Å².